The number of nitrogens with zero attached hydrogens (tertiary/aromatic N) is 2. The topological polar surface area (TPSA) is 126 Å². The second kappa shape index (κ2) is 17.9. The van der Waals surface area contributed by atoms with Crippen LogP contribution in [0.25, 0.3) is 20.5 Å². The first kappa shape index (κ1) is 37.4. The van der Waals surface area contributed by atoms with E-state index in [-0.39, 0.29) is 5.91 Å². The van der Waals surface area contributed by atoms with Gasteiger partial charge in [-0.1, -0.05) is 42.5 Å². The number of methoxy groups -OCH3 is 1. The third-order valence-corrected chi connectivity index (χ3v) is 10.7. The Kier molecular flexibility index (Phi) is 12.6. The largest absolute Gasteiger partial charge is 0.496 e. The third kappa shape index (κ3) is 9.94. The summed E-state index contributed by atoms with van der Waals surface area (Å²) < 4.78 is 19.4. The van der Waals surface area contributed by atoms with Gasteiger partial charge in [-0.2, -0.15) is 0 Å². The molecular formula is C42H44N2O8S. The van der Waals surface area contributed by atoms with Gasteiger partial charge < -0.3 is 29.3 Å². The average Bonchev–Trinajstić information content (AvgIpc) is 3.93. The van der Waals surface area contributed by atoms with Gasteiger partial charge in [0.25, 0.3) is 0 Å². The number of carbonyl (C=O) groups excluding carboxylic acids is 1. The highest BCUT2D eigenvalue weighted by Gasteiger charge is 2.22. The number of hydrogen-bond donors (Lipinski definition) is 2. The number of ether oxygens (including phenoxy) is 3. The number of aliphatic carboxylic acids is 2. The minimum Gasteiger partial charge on any atom is -0.496 e. The van der Waals surface area contributed by atoms with Gasteiger partial charge in [0.1, 0.15) is 30.5 Å². The van der Waals surface area contributed by atoms with E-state index < -0.39 is 11.9 Å². The SMILES string of the molecule is COc1cc(Cc2c(-c3ccc(OCCN4CCCC4)cc3)sc3cc(OCc4ccccc4)ccc23)ccc1CN1CCCC1=O.O=C(O)C(=O)O. The Balaban J connectivity index is 0.000000741. The summed E-state index contributed by atoms with van der Waals surface area (Å²) in [7, 11) is 1.71. The number of carbonyl (C=O) groups is 3. The van der Waals surface area contributed by atoms with Crippen molar-refractivity contribution in [2.24, 2.45) is 0 Å². The number of benzene rings is 4. The second-order valence-corrected chi connectivity index (χ2v) is 14.2. The van der Waals surface area contributed by atoms with Gasteiger partial charge in [0.05, 0.1) is 7.11 Å². The van der Waals surface area contributed by atoms with Crippen LogP contribution >= 0.6 is 11.3 Å². The van der Waals surface area contributed by atoms with Crippen LogP contribution in [-0.2, 0) is 34.0 Å². The first-order chi connectivity index (χ1) is 25.8. The van der Waals surface area contributed by atoms with E-state index in [9.17, 15) is 4.79 Å². The van der Waals surface area contributed by atoms with Crippen LogP contribution in [0.1, 0.15) is 47.9 Å². The van der Waals surface area contributed by atoms with Crippen LogP contribution in [0, 0.1) is 0 Å². The Hall–Kier alpha value is -5.39. The Labute approximate surface area is 313 Å². The highest BCUT2D eigenvalue weighted by molar-refractivity contribution is 7.22. The normalized spacial score (nSPS) is 14.2. The van der Waals surface area contributed by atoms with Crippen LogP contribution in [-0.4, -0.2) is 77.8 Å². The van der Waals surface area contributed by atoms with Crippen LogP contribution in [0.3, 0.4) is 0 Å². The summed E-state index contributed by atoms with van der Waals surface area (Å²) in [6, 6.07) is 31.7. The van der Waals surface area contributed by atoms with E-state index in [1.54, 1.807) is 18.4 Å². The fourth-order valence-corrected chi connectivity index (χ4v) is 7.94. The van der Waals surface area contributed by atoms with Crippen LogP contribution in [0.4, 0.5) is 0 Å². The van der Waals surface area contributed by atoms with E-state index in [4.69, 9.17) is 34.0 Å². The number of amides is 1. The van der Waals surface area contributed by atoms with Gasteiger partial charge in [-0.25, -0.2) is 9.59 Å². The number of rotatable bonds is 13. The molecule has 0 spiro atoms. The molecule has 3 heterocycles. The molecule has 10 nitrogen and oxygen atoms in total. The molecule has 2 aliphatic rings. The number of fused-ring (bicyclic) bond motifs is 1. The number of thiophene rings is 1. The van der Waals surface area contributed by atoms with Crippen molar-refractivity contribution in [1.29, 1.82) is 0 Å². The van der Waals surface area contributed by atoms with Gasteiger partial charge in [-0.15, -0.1) is 11.3 Å². The summed E-state index contributed by atoms with van der Waals surface area (Å²) in [6.45, 7) is 5.99. The van der Waals surface area contributed by atoms with E-state index in [0.29, 0.717) is 26.2 Å². The lowest BCUT2D eigenvalue weighted by Gasteiger charge is -2.18. The number of carboxylic acid groups (broad SMARTS) is 2. The summed E-state index contributed by atoms with van der Waals surface area (Å²) in [5.41, 5.74) is 5.82. The molecule has 0 aliphatic carbocycles. The lowest BCUT2D eigenvalue weighted by molar-refractivity contribution is -0.159. The smallest absolute Gasteiger partial charge is 0.414 e. The lowest BCUT2D eigenvalue weighted by Crippen LogP contribution is -2.25. The maximum absolute atomic E-state index is 12.3. The molecule has 0 atom stereocenters. The molecule has 0 unspecified atom stereocenters. The van der Waals surface area contributed by atoms with Gasteiger partial charge in [0.2, 0.25) is 5.91 Å². The van der Waals surface area contributed by atoms with Crippen molar-refractivity contribution >= 4 is 39.3 Å². The number of carboxylic acids is 2. The summed E-state index contributed by atoms with van der Waals surface area (Å²) in [4.78, 5) is 36.1. The van der Waals surface area contributed by atoms with Crippen LogP contribution in [0.5, 0.6) is 17.2 Å². The highest BCUT2D eigenvalue weighted by atomic mass is 32.1. The quantitative estimate of drug-likeness (QED) is 0.118. The molecule has 1 amide bonds. The molecule has 5 aromatic rings. The maximum Gasteiger partial charge on any atom is 0.414 e. The molecule has 2 fully saturated rings. The Morgan fingerprint density at radius 3 is 2.21 bits per heavy atom. The summed E-state index contributed by atoms with van der Waals surface area (Å²) >= 11 is 1.80. The summed E-state index contributed by atoms with van der Waals surface area (Å²) in [5.74, 6) is -0.824. The molecule has 7 rings (SSSR count). The highest BCUT2D eigenvalue weighted by Crippen LogP contribution is 2.42. The first-order valence-corrected chi connectivity index (χ1v) is 18.7. The van der Waals surface area contributed by atoms with Crippen molar-refractivity contribution in [1.82, 2.24) is 9.80 Å². The van der Waals surface area contributed by atoms with Crippen molar-refractivity contribution in [2.45, 2.75) is 45.3 Å². The van der Waals surface area contributed by atoms with E-state index in [1.165, 1.54) is 57.6 Å². The summed E-state index contributed by atoms with van der Waals surface area (Å²) in [6.07, 6.45) is 4.91. The monoisotopic (exact) mass is 736 g/mol. The molecular weight excluding hydrogens is 693 g/mol. The molecule has 0 radical (unpaired) electrons. The fraction of sp³-hybridized carbons (Fsp3) is 0.310. The van der Waals surface area contributed by atoms with Gasteiger partial charge in [-0.05, 0) is 115 Å². The fourth-order valence-electron chi connectivity index (χ4n) is 6.68. The van der Waals surface area contributed by atoms with E-state index in [2.05, 4.69) is 77.7 Å². The van der Waals surface area contributed by atoms with Crippen LogP contribution < -0.4 is 14.2 Å². The standard InChI is InChI=1S/C40H42N2O4S.C2H2O4/c1-44-37-25-30(11-12-32(37)27-42-21-7-10-39(42)43)24-36-35-18-17-34(46-28-29-8-3-2-4-9-29)26-38(35)47-40(36)31-13-15-33(16-14-31)45-23-22-41-19-5-6-20-41;3-1(4)2(5)6/h2-4,8-9,11-18,25-26H,5-7,10,19-24,27-28H2,1H3;(H,3,4)(H,5,6). The molecule has 53 heavy (non-hydrogen) atoms. The van der Waals surface area contributed by atoms with Crippen molar-refractivity contribution in [3.63, 3.8) is 0 Å². The predicted octanol–water partition coefficient (Wildman–Crippen LogP) is 7.50. The molecule has 1 aromatic heterocycles. The molecule has 4 aromatic carbocycles. The zero-order valence-corrected chi connectivity index (χ0v) is 30.6. The molecule has 2 N–H and O–H groups in total. The number of hydrogen-bond acceptors (Lipinski definition) is 8. The van der Waals surface area contributed by atoms with Gasteiger partial charge >= 0.3 is 11.9 Å². The summed E-state index contributed by atoms with van der Waals surface area (Å²) in [5, 5.41) is 16.0. The van der Waals surface area contributed by atoms with Crippen LogP contribution in [0.15, 0.2) is 91.0 Å². The van der Waals surface area contributed by atoms with Crippen LogP contribution in [0.2, 0.25) is 0 Å². The Morgan fingerprint density at radius 2 is 1.53 bits per heavy atom. The Bertz CT molecular complexity index is 2010. The molecule has 2 aliphatic heterocycles. The molecule has 276 valence electrons. The molecule has 11 heteroatoms. The average molecular weight is 737 g/mol. The predicted molar refractivity (Wildman–Crippen MR) is 205 cm³/mol. The third-order valence-electron chi connectivity index (χ3n) is 9.45. The minimum atomic E-state index is -1.82. The Morgan fingerprint density at radius 1 is 0.792 bits per heavy atom. The second-order valence-electron chi connectivity index (χ2n) is 13.1. The van der Waals surface area contributed by atoms with Gasteiger partial charge in [-0.3, -0.25) is 9.69 Å². The van der Waals surface area contributed by atoms with E-state index >= 15 is 0 Å². The first-order valence-electron chi connectivity index (χ1n) is 17.8. The minimum absolute atomic E-state index is 0.223. The lowest BCUT2D eigenvalue weighted by atomic mass is 9.97. The van der Waals surface area contributed by atoms with Crippen molar-refractivity contribution in [2.75, 3.05) is 39.9 Å². The van der Waals surface area contributed by atoms with Crippen molar-refractivity contribution < 1.29 is 38.8 Å². The zero-order valence-electron chi connectivity index (χ0n) is 29.8. The van der Waals surface area contributed by atoms with Gasteiger partial charge in [0, 0.05) is 41.2 Å². The van der Waals surface area contributed by atoms with E-state index in [1.807, 2.05) is 23.1 Å². The van der Waals surface area contributed by atoms with Crippen molar-refractivity contribution in [3.05, 3.63) is 113 Å². The van der Waals surface area contributed by atoms with E-state index in [0.717, 1.165) is 54.3 Å². The van der Waals surface area contributed by atoms with Gasteiger partial charge in [0.15, 0.2) is 0 Å². The zero-order chi connectivity index (χ0) is 37.2. The molecule has 0 saturated carbocycles. The molecule has 0 bridgehead atoms. The number of likely N-dealkylation sites (tertiary alicyclic amines) is 2. The van der Waals surface area contributed by atoms with Crippen molar-refractivity contribution in [3.8, 4) is 27.7 Å². The molecule has 2 saturated heterocycles. The maximum atomic E-state index is 12.3.